The van der Waals surface area contributed by atoms with E-state index in [9.17, 15) is 0 Å². The molecule has 30 heavy (non-hydrogen) atoms. The molecule has 2 aromatic carbocycles. The molecule has 6 nitrogen and oxygen atoms in total. The van der Waals surface area contributed by atoms with Crippen molar-refractivity contribution in [3.63, 3.8) is 0 Å². The number of aliphatic imine (C=N–C) groups is 1. The lowest BCUT2D eigenvalue weighted by atomic mass is 10.1. The summed E-state index contributed by atoms with van der Waals surface area (Å²) in [5.41, 5.74) is 2.22. The monoisotopic (exact) mass is 525 g/mol. The van der Waals surface area contributed by atoms with Crippen LogP contribution >= 0.6 is 24.0 Å². The molecule has 1 aliphatic carbocycles. The fraction of sp³-hybridized carbons (Fsp3) is 0.435. The number of methoxy groups -OCH3 is 2. The summed E-state index contributed by atoms with van der Waals surface area (Å²) in [7, 11) is 5.13. The smallest absolute Gasteiger partial charge is 0.191 e. The zero-order valence-corrected chi connectivity index (χ0v) is 20.3. The largest absolute Gasteiger partial charge is 0.497 e. The van der Waals surface area contributed by atoms with Crippen molar-refractivity contribution in [3.05, 3.63) is 53.6 Å². The average Bonchev–Trinajstić information content (AvgIpc) is 3.59. The van der Waals surface area contributed by atoms with E-state index in [1.165, 1.54) is 12.8 Å². The van der Waals surface area contributed by atoms with Crippen molar-refractivity contribution in [2.24, 2.45) is 10.9 Å². The summed E-state index contributed by atoms with van der Waals surface area (Å²) in [5.74, 6) is 4.12. The molecular formula is C23H32IN3O3. The normalized spacial score (nSPS) is 13.2. The van der Waals surface area contributed by atoms with Gasteiger partial charge in [-0.2, -0.15) is 0 Å². The highest BCUT2D eigenvalue weighted by molar-refractivity contribution is 14.0. The van der Waals surface area contributed by atoms with Crippen LogP contribution in [0.1, 0.15) is 24.0 Å². The third-order valence-corrected chi connectivity index (χ3v) is 4.99. The molecule has 2 aromatic rings. The van der Waals surface area contributed by atoms with Crippen LogP contribution in [0, 0.1) is 5.92 Å². The minimum atomic E-state index is 0. The average molecular weight is 525 g/mol. The Morgan fingerprint density at radius 2 is 1.80 bits per heavy atom. The number of hydrogen-bond acceptors (Lipinski definition) is 4. The number of hydrogen-bond donors (Lipinski definition) is 2. The first-order valence-electron chi connectivity index (χ1n) is 10.1. The van der Waals surface area contributed by atoms with E-state index < -0.39 is 0 Å². The van der Waals surface area contributed by atoms with Crippen molar-refractivity contribution < 1.29 is 14.2 Å². The Kier molecular flexibility index (Phi) is 10.1. The van der Waals surface area contributed by atoms with Gasteiger partial charge in [-0.05, 0) is 55.0 Å². The van der Waals surface area contributed by atoms with Crippen LogP contribution in [-0.4, -0.2) is 40.4 Å². The summed E-state index contributed by atoms with van der Waals surface area (Å²) in [6.45, 7) is 2.19. The van der Waals surface area contributed by atoms with Crippen LogP contribution < -0.4 is 24.8 Å². The lowest BCUT2D eigenvalue weighted by Crippen LogP contribution is -2.38. The molecule has 1 aliphatic rings. The zero-order valence-electron chi connectivity index (χ0n) is 17.9. The first kappa shape index (κ1) is 24.1. The van der Waals surface area contributed by atoms with Crippen LogP contribution in [0.2, 0.25) is 0 Å². The molecule has 0 aromatic heterocycles. The molecule has 0 aliphatic heterocycles. The van der Waals surface area contributed by atoms with Gasteiger partial charge in [0.2, 0.25) is 0 Å². The van der Waals surface area contributed by atoms with Gasteiger partial charge in [0.1, 0.15) is 17.2 Å². The third-order valence-electron chi connectivity index (χ3n) is 4.99. The van der Waals surface area contributed by atoms with Crippen LogP contribution in [0.15, 0.2) is 47.5 Å². The Hall–Kier alpha value is -2.16. The Labute approximate surface area is 196 Å². The van der Waals surface area contributed by atoms with E-state index in [0.717, 1.165) is 59.8 Å². The van der Waals surface area contributed by atoms with E-state index in [1.807, 2.05) is 36.4 Å². The highest BCUT2D eigenvalue weighted by Crippen LogP contribution is 2.30. The van der Waals surface area contributed by atoms with Crippen molar-refractivity contribution in [1.82, 2.24) is 10.6 Å². The van der Waals surface area contributed by atoms with Crippen molar-refractivity contribution in [1.29, 1.82) is 0 Å². The van der Waals surface area contributed by atoms with E-state index in [0.29, 0.717) is 6.54 Å². The molecule has 1 fully saturated rings. The summed E-state index contributed by atoms with van der Waals surface area (Å²) >= 11 is 0. The zero-order chi connectivity index (χ0) is 20.5. The van der Waals surface area contributed by atoms with E-state index in [1.54, 1.807) is 21.3 Å². The van der Waals surface area contributed by atoms with Gasteiger partial charge in [-0.25, -0.2) is 0 Å². The molecule has 2 N–H and O–H groups in total. The fourth-order valence-corrected chi connectivity index (χ4v) is 3.08. The second-order valence-corrected chi connectivity index (χ2v) is 7.14. The number of ether oxygens (including phenoxy) is 3. The van der Waals surface area contributed by atoms with Crippen LogP contribution in [-0.2, 0) is 13.0 Å². The van der Waals surface area contributed by atoms with Crippen molar-refractivity contribution >= 4 is 29.9 Å². The second kappa shape index (κ2) is 12.5. The lowest BCUT2D eigenvalue weighted by Gasteiger charge is -2.15. The molecule has 0 unspecified atom stereocenters. The van der Waals surface area contributed by atoms with Crippen molar-refractivity contribution in [2.75, 3.05) is 34.4 Å². The van der Waals surface area contributed by atoms with Crippen LogP contribution in [0.3, 0.4) is 0 Å². The highest BCUT2D eigenvalue weighted by Gasteiger charge is 2.22. The summed E-state index contributed by atoms with van der Waals surface area (Å²) < 4.78 is 16.8. The molecule has 0 amide bonds. The quantitative estimate of drug-likeness (QED) is 0.279. The van der Waals surface area contributed by atoms with Gasteiger partial charge in [0, 0.05) is 25.7 Å². The Morgan fingerprint density at radius 3 is 2.50 bits per heavy atom. The molecule has 7 heteroatoms. The molecular weight excluding hydrogens is 493 g/mol. The third kappa shape index (κ3) is 7.27. The molecule has 3 rings (SSSR count). The molecule has 164 valence electrons. The molecule has 0 bridgehead atoms. The maximum atomic E-state index is 5.99. The van der Waals surface area contributed by atoms with Gasteiger partial charge in [0.25, 0.3) is 0 Å². The number of halogens is 1. The number of para-hydroxylation sites is 1. The molecule has 0 radical (unpaired) electrons. The van der Waals surface area contributed by atoms with Gasteiger partial charge in [0.05, 0.1) is 20.8 Å². The molecule has 0 saturated heterocycles. The number of benzene rings is 2. The van der Waals surface area contributed by atoms with Gasteiger partial charge >= 0.3 is 0 Å². The van der Waals surface area contributed by atoms with E-state index in [2.05, 4.69) is 21.7 Å². The Balaban J connectivity index is 0.00000320. The minimum absolute atomic E-state index is 0. The van der Waals surface area contributed by atoms with Crippen LogP contribution in [0.25, 0.3) is 0 Å². The predicted molar refractivity (Wildman–Crippen MR) is 132 cm³/mol. The number of nitrogens with zero attached hydrogens (tertiary/aromatic N) is 1. The minimum Gasteiger partial charge on any atom is -0.497 e. The molecule has 0 atom stereocenters. The van der Waals surface area contributed by atoms with E-state index >= 15 is 0 Å². The maximum Gasteiger partial charge on any atom is 0.191 e. The molecule has 0 spiro atoms. The van der Waals surface area contributed by atoms with E-state index in [-0.39, 0.29) is 24.0 Å². The summed E-state index contributed by atoms with van der Waals surface area (Å²) in [6.07, 6.45) is 3.37. The topological polar surface area (TPSA) is 64.1 Å². The number of rotatable bonds is 10. The number of nitrogens with one attached hydrogen (secondary N) is 2. The molecule has 0 heterocycles. The predicted octanol–water partition coefficient (Wildman–Crippen LogP) is 4.02. The molecule has 1 saturated carbocycles. The summed E-state index contributed by atoms with van der Waals surface area (Å²) in [6, 6.07) is 14.0. The summed E-state index contributed by atoms with van der Waals surface area (Å²) in [4.78, 5) is 4.32. The van der Waals surface area contributed by atoms with Crippen LogP contribution in [0.4, 0.5) is 0 Å². The highest BCUT2D eigenvalue weighted by atomic mass is 127. The lowest BCUT2D eigenvalue weighted by molar-refractivity contribution is 0.296. The van der Waals surface area contributed by atoms with E-state index in [4.69, 9.17) is 14.2 Å². The standard InChI is InChI=1S/C23H31N3O3.HI/c1-24-23(25-13-12-18-14-20(27-2)10-11-21(18)28-3)26-15-19-6-4-5-7-22(19)29-16-17-8-9-17;/h4-7,10-11,14,17H,8-9,12-13,15-16H2,1-3H3,(H2,24,25,26);1H. The van der Waals surface area contributed by atoms with Gasteiger partial charge in [-0.15, -0.1) is 24.0 Å². The van der Waals surface area contributed by atoms with Gasteiger partial charge in [-0.3, -0.25) is 4.99 Å². The van der Waals surface area contributed by atoms with Gasteiger partial charge < -0.3 is 24.8 Å². The first-order valence-corrected chi connectivity index (χ1v) is 10.1. The summed E-state index contributed by atoms with van der Waals surface area (Å²) in [5, 5.41) is 6.73. The first-order chi connectivity index (χ1) is 14.2. The Bertz CT molecular complexity index is 825. The SMILES string of the molecule is CN=C(NCCc1cc(OC)ccc1OC)NCc1ccccc1OCC1CC1.I. The van der Waals surface area contributed by atoms with Crippen molar-refractivity contribution in [3.8, 4) is 17.2 Å². The van der Waals surface area contributed by atoms with Gasteiger partial charge in [0.15, 0.2) is 5.96 Å². The fourth-order valence-electron chi connectivity index (χ4n) is 3.08. The maximum absolute atomic E-state index is 5.99. The van der Waals surface area contributed by atoms with Crippen LogP contribution in [0.5, 0.6) is 17.2 Å². The second-order valence-electron chi connectivity index (χ2n) is 7.14. The van der Waals surface area contributed by atoms with Crippen molar-refractivity contribution in [2.45, 2.75) is 25.8 Å². The Morgan fingerprint density at radius 1 is 1.00 bits per heavy atom. The number of guanidine groups is 1. The van der Waals surface area contributed by atoms with Gasteiger partial charge in [-0.1, -0.05) is 18.2 Å².